The fourth-order valence-electron chi connectivity index (χ4n) is 0.642. The van der Waals surface area contributed by atoms with E-state index in [2.05, 4.69) is 13.6 Å². The Morgan fingerprint density at radius 1 is 1.00 bits per heavy atom. The molecule has 2 aromatic rings. The van der Waals surface area contributed by atoms with Gasteiger partial charge in [-0.15, -0.1) is 0 Å². The summed E-state index contributed by atoms with van der Waals surface area (Å²) < 4.78 is 7.50. The summed E-state index contributed by atoms with van der Waals surface area (Å²) in [6.45, 7) is 10.0. The Balaban J connectivity index is -0.000000147. The predicted molar refractivity (Wildman–Crippen MR) is 63.6 cm³/mol. The molecule has 0 aliphatic heterocycles. The van der Waals surface area contributed by atoms with Crippen molar-refractivity contribution in [1.29, 1.82) is 0 Å². The van der Waals surface area contributed by atoms with Crippen molar-refractivity contribution in [3.63, 3.8) is 0 Å². The summed E-state index contributed by atoms with van der Waals surface area (Å²) in [7, 11) is 0. The maximum Gasteiger partial charge on any atom is 0 e. The molecule has 0 aromatic heterocycles. The van der Waals surface area contributed by atoms with Crippen molar-refractivity contribution < 1.29 is 27.0 Å². The second-order valence-corrected chi connectivity index (χ2v) is 2.42. The maximum atomic E-state index is 7.50. The topological polar surface area (TPSA) is 19.9 Å². The predicted octanol–water partition coefficient (Wildman–Crippen LogP) is 4.00. The third kappa shape index (κ3) is 23.2. The first kappa shape index (κ1) is 20.6. The SMILES string of the molecule is [C-]#[O+].[CH2-]CC.[Nb].[cH-]1[cH-][cH-][cH-][cH-]1.c1cc[cH-]c1. The van der Waals surface area contributed by atoms with Gasteiger partial charge in [-0.2, -0.15) is 24.6 Å². The van der Waals surface area contributed by atoms with Gasteiger partial charge in [-0.05, 0) is 0 Å². The van der Waals surface area contributed by atoms with Crippen LogP contribution in [0.4, 0.5) is 0 Å². The van der Waals surface area contributed by atoms with Gasteiger partial charge in [0.15, 0.2) is 0 Å². The Kier molecular flexibility index (Phi) is 30.6. The van der Waals surface area contributed by atoms with Crippen LogP contribution in [0, 0.1) is 13.6 Å². The van der Waals surface area contributed by atoms with Gasteiger partial charge >= 0.3 is 11.3 Å². The fourth-order valence-corrected chi connectivity index (χ4v) is 0.642. The van der Waals surface area contributed by atoms with Crippen LogP contribution in [0.5, 0.6) is 0 Å². The monoisotopic (exact) mass is 294 g/mol. The van der Waals surface area contributed by atoms with Gasteiger partial charge in [0.1, 0.15) is 0 Å². The van der Waals surface area contributed by atoms with Crippen molar-refractivity contribution in [1.82, 2.24) is 0 Å². The largest absolute Gasteiger partial charge is 0.748 e. The zero-order valence-electron chi connectivity index (χ0n) is 9.54. The minimum absolute atomic E-state index is 0. The quantitative estimate of drug-likeness (QED) is 0.397. The molecule has 0 fully saturated rings. The molecule has 0 aliphatic rings. The second kappa shape index (κ2) is 23.8. The third-order valence-corrected chi connectivity index (χ3v) is 1.11. The molecule has 2 heteroatoms. The maximum absolute atomic E-state index is 7.50. The van der Waals surface area contributed by atoms with Gasteiger partial charge in [0, 0.05) is 22.4 Å². The Bertz CT molecular complexity index is 195. The Labute approximate surface area is 114 Å². The van der Waals surface area contributed by atoms with Crippen LogP contribution in [-0.2, 0) is 27.0 Å². The number of rotatable bonds is 0. The van der Waals surface area contributed by atoms with Crippen LogP contribution in [0.2, 0.25) is 0 Å². The molecule has 0 atom stereocenters. The Morgan fingerprint density at radius 3 is 1.38 bits per heavy atom. The van der Waals surface area contributed by atoms with E-state index in [0.717, 1.165) is 6.42 Å². The van der Waals surface area contributed by atoms with E-state index in [-0.39, 0.29) is 22.4 Å². The molecule has 1 radical (unpaired) electrons. The van der Waals surface area contributed by atoms with E-state index in [1.165, 1.54) is 0 Å². The molecule has 2 rings (SSSR count). The van der Waals surface area contributed by atoms with E-state index >= 15 is 0 Å². The van der Waals surface area contributed by atoms with Crippen LogP contribution in [0.1, 0.15) is 13.3 Å². The second-order valence-electron chi connectivity index (χ2n) is 2.42. The Hall–Kier alpha value is -0.820. The molecule has 0 spiro atoms. The van der Waals surface area contributed by atoms with Crippen molar-refractivity contribution in [2.45, 2.75) is 13.3 Å². The summed E-state index contributed by atoms with van der Waals surface area (Å²) in [6, 6.07) is 20.0. The smallest absolute Gasteiger partial charge is 0 e. The molecule has 91 valence electrons. The normalized spacial score (nSPS) is 6.25. The van der Waals surface area contributed by atoms with Crippen LogP contribution in [-0.4, -0.2) is 0 Å². The molecule has 2 aromatic carbocycles. The molecule has 0 N–H and O–H groups in total. The van der Waals surface area contributed by atoms with Gasteiger partial charge in [0.2, 0.25) is 0 Å². The molecule has 0 amide bonds. The average Bonchev–Trinajstić information content (AvgIpc) is 3.01. The van der Waals surface area contributed by atoms with Crippen molar-refractivity contribution >= 4 is 0 Å². The summed E-state index contributed by atoms with van der Waals surface area (Å²) in [5.41, 5.74) is 0. The van der Waals surface area contributed by atoms with Gasteiger partial charge in [-0.1, -0.05) is 6.92 Å². The van der Waals surface area contributed by atoms with Crippen LogP contribution >= 0.6 is 0 Å². The van der Waals surface area contributed by atoms with Gasteiger partial charge in [0.25, 0.3) is 0 Å². The molecule has 0 saturated carbocycles. The molecular formula is C14H17NbO-7. The van der Waals surface area contributed by atoms with Gasteiger partial charge < -0.3 is 37.3 Å². The van der Waals surface area contributed by atoms with Crippen LogP contribution < -0.4 is 0 Å². The Morgan fingerprint density at radius 2 is 1.25 bits per heavy atom. The van der Waals surface area contributed by atoms with Crippen molar-refractivity contribution in [2.24, 2.45) is 0 Å². The minimum atomic E-state index is 0. The average molecular weight is 294 g/mol. The van der Waals surface area contributed by atoms with Crippen molar-refractivity contribution in [2.75, 3.05) is 0 Å². The van der Waals surface area contributed by atoms with E-state index in [1.807, 2.05) is 67.6 Å². The standard InChI is InChI=1S/2C5H5.C3H7.CO.Nb/c2*1-2-4-5-3-1;1-3-2;1-2;/h2*1-5H;1,3H2,2H3;;/q-5;2*-1;;. The van der Waals surface area contributed by atoms with Crippen LogP contribution in [0.3, 0.4) is 0 Å². The number of hydrogen-bond donors (Lipinski definition) is 0. The summed E-state index contributed by atoms with van der Waals surface area (Å²) in [5, 5.41) is 0. The van der Waals surface area contributed by atoms with Crippen LogP contribution in [0.25, 0.3) is 0 Å². The number of hydrogen-bond acceptors (Lipinski definition) is 0. The summed E-state index contributed by atoms with van der Waals surface area (Å²) in [6.07, 6.45) is 1.00. The molecule has 0 unspecified atom stereocenters. The summed E-state index contributed by atoms with van der Waals surface area (Å²) >= 11 is 0. The van der Waals surface area contributed by atoms with Crippen molar-refractivity contribution in [3.8, 4) is 0 Å². The molecule has 16 heavy (non-hydrogen) atoms. The van der Waals surface area contributed by atoms with E-state index < -0.39 is 0 Å². The molecule has 0 bridgehead atoms. The van der Waals surface area contributed by atoms with E-state index in [9.17, 15) is 0 Å². The van der Waals surface area contributed by atoms with E-state index in [0.29, 0.717) is 0 Å². The first-order valence-corrected chi connectivity index (χ1v) is 4.74. The molecule has 1 nitrogen and oxygen atoms in total. The first-order valence-electron chi connectivity index (χ1n) is 4.74. The molecular weight excluding hydrogens is 277 g/mol. The molecule has 0 heterocycles. The first-order chi connectivity index (χ1) is 7.41. The van der Waals surface area contributed by atoms with Gasteiger partial charge in [-0.25, -0.2) is 12.1 Å². The minimum Gasteiger partial charge on any atom is -0.748 e. The summed E-state index contributed by atoms with van der Waals surface area (Å²) in [5.74, 6) is 0. The zero-order valence-corrected chi connectivity index (χ0v) is 11.7. The van der Waals surface area contributed by atoms with E-state index in [1.54, 1.807) is 0 Å². The summed E-state index contributed by atoms with van der Waals surface area (Å²) in [4.78, 5) is 0. The van der Waals surface area contributed by atoms with Gasteiger partial charge in [0.05, 0.1) is 0 Å². The van der Waals surface area contributed by atoms with Crippen molar-refractivity contribution in [3.05, 3.63) is 74.2 Å². The third-order valence-electron chi connectivity index (χ3n) is 1.11. The van der Waals surface area contributed by atoms with Gasteiger partial charge in [-0.3, -0.25) is 0 Å². The van der Waals surface area contributed by atoms with E-state index in [4.69, 9.17) is 4.65 Å². The molecule has 0 aliphatic carbocycles. The fraction of sp³-hybridized carbons (Fsp3) is 0.143. The zero-order chi connectivity index (χ0) is 11.8. The molecule has 0 saturated heterocycles. The van der Waals surface area contributed by atoms with Crippen LogP contribution in [0.15, 0.2) is 60.7 Å².